The van der Waals surface area contributed by atoms with Gasteiger partial charge in [0.15, 0.2) is 0 Å². The van der Waals surface area contributed by atoms with Gasteiger partial charge >= 0.3 is 5.76 Å². The highest BCUT2D eigenvalue weighted by Gasteiger charge is 2.28. The molecule has 2 aromatic heterocycles. The fourth-order valence-electron chi connectivity index (χ4n) is 2.61. The van der Waals surface area contributed by atoms with Crippen LogP contribution in [0.1, 0.15) is 36.1 Å². The highest BCUT2D eigenvalue weighted by Crippen LogP contribution is 2.24. The summed E-state index contributed by atoms with van der Waals surface area (Å²) < 4.78 is 53.6. The lowest BCUT2D eigenvalue weighted by Crippen LogP contribution is -2.32. The maximum atomic E-state index is 12.6. The number of nitrogens with zero attached hydrogens (tertiary/aromatic N) is 3. The van der Waals surface area contributed by atoms with Crippen LogP contribution in [0.4, 0.5) is 8.78 Å². The summed E-state index contributed by atoms with van der Waals surface area (Å²) in [4.78, 5) is 20.3. The van der Waals surface area contributed by atoms with Gasteiger partial charge in [-0.1, -0.05) is 19.0 Å². The van der Waals surface area contributed by atoms with E-state index >= 15 is 0 Å². The number of sulfone groups is 1. The van der Waals surface area contributed by atoms with Crippen molar-refractivity contribution >= 4 is 15.7 Å². The van der Waals surface area contributed by atoms with Gasteiger partial charge in [0, 0.05) is 23.5 Å². The Morgan fingerprint density at radius 2 is 1.83 bits per heavy atom. The van der Waals surface area contributed by atoms with E-state index in [1.54, 1.807) is 24.5 Å². The van der Waals surface area contributed by atoms with E-state index in [4.69, 9.17) is 4.52 Å². The van der Waals surface area contributed by atoms with Crippen LogP contribution in [0.15, 0.2) is 58.2 Å². The minimum absolute atomic E-state index is 0.0980. The fourth-order valence-corrected chi connectivity index (χ4v) is 3.33. The van der Waals surface area contributed by atoms with Crippen LogP contribution in [0.3, 0.4) is 0 Å². The molecule has 30 heavy (non-hydrogen) atoms. The van der Waals surface area contributed by atoms with Gasteiger partial charge in [0.1, 0.15) is 6.04 Å². The van der Waals surface area contributed by atoms with E-state index in [2.05, 4.69) is 20.4 Å². The fraction of sp³-hybridized carbons (Fsp3) is 0.263. The van der Waals surface area contributed by atoms with Crippen molar-refractivity contribution in [3.05, 3.63) is 60.2 Å². The molecular weight excluding hydrogens is 418 g/mol. The minimum atomic E-state index is -4.73. The predicted molar refractivity (Wildman–Crippen MR) is 102 cm³/mol. The average molecular weight is 436 g/mol. The summed E-state index contributed by atoms with van der Waals surface area (Å²) in [6.07, 6.45) is 3.19. The lowest BCUT2D eigenvalue weighted by atomic mass is 10.0. The van der Waals surface area contributed by atoms with E-state index in [-0.39, 0.29) is 17.4 Å². The molecule has 3 aromatic rings. The molecule has 1 aromatic carbocycles. The molecule has 0 saturated carbocycles. The van der Waals surface area contributed by atoms with E-state index in [0.717, 1.165) is 24.3 Å². The van der Waals surface area contributed by atoms with Crippen LogP contribution < -0.4 is 5.32 Å². The lowest BCUT2D eigenvalue weighted by molar-refractivity contribution is 0.0914. The third-order valence-corrected chi connectivity index (χ3v) is 5.66. The van der Waals surface area contributed by atoms with E-state index < -0.39 is 32.4 Å². The number of benzene rings is 1. The van der Waals surface area contributed by atoms with Crippen molar-refractivity contribution < 1.29 is 26.5 Å². The summed E-state index contributed by atoms with van der Waals surface area (Å²) in [5.41, 5.74) is 0.748. The van der Waals surface area contributed by atoms with Crippen molar-refractivity contribution in [2.24, 2.45) is 5.92 Å². The summed E-state index contributed by atoms with van der Waals surface area (Å²) in [5.74, 6) is -3.69. The molecule has 1 atom stereocenters. The first-order chi connectivity index (χ1) is 14.2. The van der Waals surface area contributed by atoms with E-state index in [1.165, 1.54) is 0 Å². The van der Waals surface area contributed by atoms with Crippen LogP contribution in [0, 0.1) is 5.92 Å². The Bertz CT molecular complexity index is 1120. The first-order valence-electron chi connectivity index (χ1n) is 8.87. The first kappa shape index (κ1) is 21.5. The molecule has 0 saturated heterocycles. The van der Waals surface area contributed by atoms with Gasteiger partial charge in [0.2, 0.25) is 21.6 Å². The topological polar surface area (TPSA) is 115 Å². The largest absolute Gasteiger partial charge is 0.341 e. The second-order valence-electron chi connectivity index (χ2n) is 6.72. The van der Waals surface area contributed by atoms with Crippen molar-refractivity contribution in [2.75, 3.05) is 0 Å². The van der Waals surface area contributed by atoms with Crippen molar-refractivity contribution in [1.29, 1.82) is 0 Å². The molecule has 0 fully saturated rings. The number of hydrogen-bond donors (Lipinski definition) is 1. The summed E-state index contributed by atoms with van der Waals surface area (Å²) in [5, 5.41) is 6.66. The second-order valence-corrected chi connectivity index (χ2v) is 8.64. The van der Waals surface area contributed by atoms with Gasteiger partial charge in [0.05, 0.1) is 4.90 Å². The van der Waals surface area contributed by atoms with Crippen LogP contribution in [0.2, 0.25) is 0 Å². The van der Waals surface area contributed by atoms with Crippen LogP contribution >= 0.6 is 0 Å². The number of nitrogens with one attached hydrogen (secondary N) is 1. The van der Waals surface area contributed by atoms with Crippen LogP contribution in [0.25, 0.3) is 11.4 Å². The first-order valence-corrected chi connectivity index (χ1v) is 10.4. The lowest BCUT2D eigenvalue weighted by Gasteiger charge is -2.18. The highest BCUT2D eigenvalue weighted by atomic mass is 32.2. The normalized spacial score (nSPS) is 12.9. The summed E-state index contributed by atoms with van der Waals surface area (Å²) in [6, 6.07) is 7.13. The zero-order valence-corrected chi connectivity index (χ0v) is 16.8. The molecule has 3 rings (SSSR count). The van der Waals surface area contributed by atoms with Crippen LogP contribution in [0.5, 0.6) is 0 Å². The number of carbonyl (C=O) groups excluding carboxylic acids is 1. The molecule has 0 aliphatic carbocycles. The molecule has 0 radical (unpaired) electrons. The number of alkyl halides is 2. The summed E-state index contributed by atoms with van der Waals surface area (Å²) in [7, 11) is -4.73. The number of hydrogen-bond acceptors (Lipinski definition) is 7. The summed E-state index contributed by atoms with van der Waals surface area (Å²) >= 11 is 0. The number of halogens is 2. The van der Waals surface area contributed by atoms with Crippen LogP contribution in [-0.2, 0) is 9.84 Å². The molecule has 0 bridgehead atoms. The molecule has 11 heteroatoms. The maximum absolute atomic E-state index is 12.6. The molecule has 0 aliphatic heterocycles. The van der Waals surface area contributed by atoms with Gasteiger partial charge in [-0.2, -0.15) is 13.8 Å². The van der Waals surface area contributed by atoms with Gasteiger partial charge in [-0.3, -0.25) is 9.78 Å². The zero-order chi connectivity index (χ0) is 21.9. The molecule has 1 N–H and O–H groups in total. The molecule has 0 spiro atoms. The molecule has 158 valence electrons. The molecule has 0 aliphatic rings. The molecule has 1 amide bonds. The van der Waals surface area contributed by atoms with Crippen molar-refractivity contribution in [2.45, 2.75) is 30.5 Å². The van der Waals surface area contributed by atoms with Gasteiger partial charge in [0.25, 0.3) is 5.91 Å². The third-order valence-electron chi connectivity index (χ3n) is 4.26. The Morgan fingerprint density at radius 1 is 1.13 bits per heavy atom. The Labute approximate surface area is 171 Å². The number of aromatic nitrogens is 3. The highest BCUT2D eigenvalue weighted by molar-refractivity contribution is 7.91. The molecule has 1 unspecified atom stereocenters. The van der Waals surface area contributed by atoms with E-state index in [9.17, 15) is 22.0 Å². The molecular formula is C19H18F2N4O4S. The number of amides is 1. The van der Waals surface area contributed by atoms with Gasteiger partial charge in [-0.25, -0.2) is 8.42 Å². The smallest absolute Gasteiger partial charge is 0.340 e. The van der Waals surface area contributed by atoms with Crippen molar-refractivity contribution in [3.8, 4) is 11.4 Å². The SMILES string of the molecule is CC(C)C(NC(=O)c1ccc(S(=O)(=O)C(F)F)cc1)c1nc(-c2cccnc2)no1. The van der Waals surface area contributed by atoms with Gasteiger partial charge < -0.3 is 9.84 Å². The van der Waals surface area contributed by atoms with Crippen molar-refractivity contribution in [3.63, 3.8) is 0 Å². The van der Waals surface area contributed by atoms with Crippen LogP contribution in [-0.4, -0.2) is 35.2 Å². The Hall–Kier alpha value is -3.21. The minimum Gasteiger partial charge on any atom is -0.340 e. The number of rotatable bonds is 7. The second kappa shape index (κ2) is 8.66. The molecule has 2 heterocycles. The molecule has 8 nitrogen and oxygen atoms in total. The number of pyridine rings is 1. The Balaban J connectivity index is 1.79. The maximum Gasteiger partial charge on any atom is 0.341 e. The van der Waals surface area contributed by atoms with E-state index in [1.807, 2.05) is 13.8 Å². The standard InChI is InChI=1S/C19H18F2N4O4S/c1-11(2)15(18-24-16(25-29-18)13-4-3-9-22-10-13)23-17(26)12-5-7-14(8-6-12)30(27,28)19(20)21/h3-11,15,19H,1-2H3,(H,23,26). The zero-order valence-electron chi connectivity index (χ0n) is 16.0. The Morgan fingerprint density at radius 3 is 2.40 bits per heavy atom. The third kappa shape index (κ3) is 4.51. The Kier molecular flexibility index (Phi) is 6.20. The van der Waals surface area contributed by atoms with E-state index in [0.29, 0.717) is 11.4 Å². The van der Waals surface area contributed by atoms with Gasteiger partial charge in [-0.15, -0.1) is 0 Å². The van der Waals surface area contributed by atoms with Gasteiger partial charge in [-0.05, 0) is 42.3 Å². The average Bonchev–Trinajstić information content (AvgIpc) is 3.22. The predicted octanol–water partition coefficient (Wildman–Crippen LogP) is 3.26. The monoisotopic (exact) mass is 436 g/mol. The summed E-state index contributed by atoms with van der Waals surface area (Å²) in [6.45, 7) is 3.69. The number of carbonyl (C=O) groups is 1. The van der Waals surface area contributed by atoms with Crippen molar-refractivity contribution in [1.82, 2.24) is 20.4 Å². The quantitative estimate of drug-likeness (QED) is 0.604.